The number of rotatable bonds is 5. The van der Waals surface area contributed by atoms with Crippen molar-refractivity contribution in [1.82, 2.24) is 0 Å². The van der Waals surface area contributed by atoms with Gasteiger partial charge in [0.25, 0.3) is 5.91 Å². The van der Waals surface area contributed by atoms with Crippen LogP contribution in [0.2, 0.25) is 5.02 Å². The lowest BCUT2D eigenvalue weighted by molar-refractivity contribution is -0.118. The molecule has 0 saturated heterocycles. The van der Waals surface area contributed by atoms with Crippen LogP contribution in [0.3, 0.4) is 0 Å². The van der Waals surface area contributed by atoms with E-state index in [0.717, 1.165) is 0 Å². The zero-order valence-electron chi connectivity index (χ0n) is 11.4. The van der Waals surface area contributed by atoms with Crippen LogP contribution in [0.5, 0.6) is 11.5 Å². The van der Waals surface area contributed by atoms with Crippen LogP contribution in [0.25, 0.3) is 0 Å². The van der Waals surface area contributed by atoms with Gasteiger partial charge in [0.05, 0.1) is 23.5 Å². The Bertz CT molecular complexity index is 647. The Labute approximate surface area is 127 Å². The summed E-state index contributed by atoms with van der Waals surface area (Å²) in [7, 11) is 1.55. The number of nitrogen functional groups attached to an aromatic ring is 1. The highest BCUT2D eigenvalue weighted by molar-refractivity contribution is 6.33. The molecule has 110 valence electrons. The van der Waals surface area contributed by atoms with Crippen molar-refractivity contribution in [3.8, 4) is 11.5 Å². The Morgan fingerprint density at radius 3 is 2.71 bits per heavy atom. The Morgan fingerprint density at radius 1 is 1.29 bits per heavy atom. The SMILES string of the molecule is COc1ccc(OCC(=O)Nc2ccccc2Cl)c(N)c1. The minimum atomic E-state index is -0.321. The van der Waals surface area contributed by atoms with Crippen LogP contribution in [-0.4, -0.2) is 19.6 Å². The van der Waals surface area contributed by atoms with E-state index in [-0.39, 0.29) is 12.5 Å². The lowest BCUT2D eigenvalue weighted by Crippen LogP contribution is -2.20. The van der Waals surface area contributed by atoms with Crippen LogP contribution in [0.1, 0.15) is 0 Å². The largest absolute Gasteiger partial charge is 0.497 e. The standard InChI is InChI=1S/C15H15ClN2O3/c1-20-10-6-7-14(12(17)8-10)21-9-15(19)18-13-5-3-2-4-11(13)16/h2-8H,9,17H2,1H3,(H,18,19). The summed E-state index contributed by atoms with van der Waals surface area (Å²) in [6, 6.07) is 12.0. The van der Waals surface area contributed by atoms with Gasteiger partial charge in [0.2, 0.25) is 0 Å². The van der Waals surface area contributed by atoms with E-state index < -0.39 is 0 Å². The van der Waals surface area contributed by atoms with Gasteiger partial charge < -0.3 is 20.5 Å². The number of amides is 1. The number of hydrogen-bond donors (Lipinski definition) is 2. The van der Waals surface area contributed by atoms with E-state index in [4.69, 9.17) is 26.8 Å². The fourth-order valence-corrected chi connectivity index (χ4v) is 1.86. The summed E-state index contributed by atoms with van der Waals surface area (Å²) in [6.45, 7) is -0.165. The summed E-state index contributed by atoms with van der Waals surface area (Å²) in [5.41, 5.74) is 6.74. The molecule has 3 N–H and O–H groups in total. The van der Waals surface area contributed by atoms with Crippen molar-refractivity contribution in [2.75, 3.05) is 24.8 Å². The van der Waals surface area contributed by atoms with Crippen molar-refractivity contribution >= 4 is 28.9 Å². The zero-order valence-corrected chi connectivity index (χ0v) is 12.2. The van der Waals surface area contributed by atoms with Gasteiger partial charge in [-0.1, -0.05) is 23.7 Å². The third kappa shape index (κ3) is 4.03. The minimum Gasteiger partial charge on any atom is -0.497 e. The second-order valence-corrected chi connectivity index (χ2v) is 4.63. The van der Waals surface area contributed by atoms with E-state index in [1.165, 1.54) is 0 Å². The van der Waals surface area contributed by atoms with Gasteiger partial charge in [0, 0.05) is 6.07 Å². The third-order valence-electron chi connectivity index (χ3n) is 2.72. The number of para-hydroxylation sites is 1. The molecule has 0 spiro atoms. The Morgan fingerprint density at radius 2 is 2.05 bits per heavy atom. The first kappa shape index (κ1) is 15.0. The van der Waals surface area contributed by atoms with Crippen molar-refractivity contribution in [2.24, 2.45) is 0 Å². The monoisotopic (exact) mass is 306 g/mol. The first-order valence-electron chi connectivity index (χ1n) is 6.21. The van der Waals surface area contributed by atoms with Crippen LogP contribution in [0, 0.1) is 0 Å². The molecule has 0 bridgehead atoms. The Balaban J connectivity index is 1.94. The highest BCUT2D eigenvalue weighted by atomic mass is 35.5. The topological polar surface area (TPSA) is 73.6 Å². The van der Waals surface area contributed by atoms with Crippen molar-refractivity contribution in [3.05, 3.63) is 47.5 Å². The van der Waals surface area contributed by atoms with E-state index in [2.05, 4.69) is 5.32 Å². The van der Waals surface area contributed by atoms with Gasteiger partial charge in [0.1, 0.15) is 11.5 Å². The van der Waals surface area contributed by atoms with E-state index in [0.29, 0.717) is 27.9 Å². The molecule has 0 aromatic heterocycles. The number of benzene rings is 2. The van der Waals surface area contributed by atoms with Crippen molar-refractivity contribution in [2.45, 2.75) is 0 Å². The molecule has 0 unspecified atom stereocenters. The predicted octanol–water partition coefficient (Wildman–Crippen LogP) is 2.95. The average Bonchev–Trinajstić information content (AvgIpc) is 2.48. The number of nitrogens with two attached hydrogens (primary N) is 1. The molecular formula is C15H15ClN2O3. The van der Waals surface area contributed by atoms with Crippen LogP contribution in [-0.2, 0) is 4.79 Å². The first-order chi connectivity index (χ1) is 10.1. The summed E-state index contributed by atoms with van der Waals surface area (Å²) in [5, 5.41) is 3.13. The van der Waals surface area contributed by atoms with Gasteiger partial charge >= 0.3 is 0 Å². The molecule has 0 aliphatic carbocycles. The van der Waals surface area contributed by atoms with Crippen LogP contribution >= 0.6 is 11.6 Å². The summed E-state index contributed by atoms with van der Waals surface area (Å²) >= 11 is 5.95. The normalized spacial score (nSPS) is 10.0. The molecule has 0 radical (unpaired) electrons. The number of methoxy groups -OCH3 is 1. The predicted molar refractivity (Wildman–Crippen MR) is 83.0 cm³/mol. The van der Waals surface area contributed by atoms with Crippen LogP contribution in [0.4, 0.5) is 11.4 Å². The lowest BCUT2D eigenvalue weighted by atomic mass is 10.3. The molecule has 0 atom stereocenters. The zero-order chi connectivity index (χ0) is 15.2. The van der Waals surface area contributed by atoms with Crippen LogP contribution in [0.15, 0.2) is 42.5 Å². The number of hydrogen-bond acceptors (Lipinski definition) is 4. The molecule has 6 heteroatoms. The van der Waals surface area contributed by atoms with E-state index in [1.54, 1.807) is 49.6 Å². The number of ether oxygens (including phenoxy) is 2. The summed E-state index contributed by atoms with van der Waals surface area (Å²) in [6.07, 6.45) is 0. The van der Waals surface area contributed by atoms with Crippen molar-refractivity contribution in [1.29, 1.82) is 0 Å². The summed E-state index contributed by atoms with van der Waals surface area (Å²) in [5.74, 6) is 0.726. The Kier molecular flexibility index (Phi) is 4.90. The second-order valence-electron chi connectivity index (χ2n) is 4.22. The molecule has 0 fully saturated rings. The van der Waals surface area contributed by atoms with Crippen LogP contribution < -0.4 is 20.5 Å². The van der Waals surface area contributed by atoms with Gasteiger partial charge in [0.15, 0.2) is 6.61 Å². The molecule has 5 nitrogen and oxygen atoms in total. The molecule has 0 saturated carbocycles. The molecule has 0 heterocycles. The van der Waals surface area contributed by atoms with Gasteiger partial charge in [-0.05, 0) is 24.3 Å². The molecule has 2 aromatic rings. The van der Waals surface area contributed by atoms with E-state index >= 15 is 0 Å². The van der Waals surface area contributed by atoms with Crippen molar-refractivity contribution in [3.63, 3.8) is 0 Å². The minimum absolute atomic E-state index is 0.165. The number of halogens is 1. The quantitative estimate of drug-likeness (QED) is 0.833. The fraction of sp³-hybridized carbons (Fsp3) is 0.133. The Hall–Kier alpha value is -2.40. The highest BCUT2D eigenvalue weighted by Gasteiger charge is 2.08. The smallest absolute Gasteiger partial charge is 0.262 e. The number of carbonyl (C=O) groups is 1. The summed E-state index contributed by atoms with van der Waals surface area (Å²) < 4.78 is 10.4. The van der Waals surface area contributed by atoms with E-state index in [9.17, 15) is 4.79 Å². The van der Waals surface area contributed by atoms with Gasteiger partial charge in [-0.25, -0.2) is 0 Å². The van der Waals surface area contributed by atoms with Gasteiger partial charge in [-0.15, -0.1) is 0 Å². The molecular weight excluding hydrogens is 292 g/mol. The number of nitrogens with one attached hydrogen (secondary N) is 1. The number of anilines is 2. The molecule has 2 aromatic carbocycles. The van der Waals surface area contributed by atoms with E-state index in [1.807, 2.05) is 0 Å². The second kappa shape index (κ2) is 6.85. The molecule has 21 heavy (non-hydrogen) atoms. The summed E-state index contributed by atoms with van der Waals surface area (Å²) in [4.78, 5) is 11.8. The first-order valence-corrected chi connectivity index (χ1v) is 6.58. The highest BCUT2D eigenvalue weighted by Crippen LogP contribution is 2.26. The fourth-order valence-electron chi connectivity index (χ4n) is 1.68. The van der Waals surface area contributed by atoms with Crippen molar-refractivity contribution < 1.29 is 14.3 Å². The third-order valence-corrected chi connectivity index (χ3v) is 3.05. The average molecular weight is 307 g/mol. The maximum atomic E-state index is 11.8. The molecule has 1 amide bonds. The molecule has 2 rings (SSSR count). The maximum Gasteiger partial charge on any atom is 0.262 e. The van der Waals surface area contributed by atoms with Gasteiger partial charge in [-0.3, -0.25) is 4.79 Å². The lowest BCUT2D eigenvalue weighted by Gasteiger charge is -2.11. The van der Waals surface area contributed by atoms with Gasteiger partial charge in [-0.2, -0.15) is 0 Å². The molecule has 0 aliphatic heterocycles. The number of carbonyl (C=O) groups excluding carboxylic acids is 1. The molecule has 0 aliphatic rings. The maximum absolute atomic E-state index is 11.8.